The lowest BCUT2D eigenvalue weighted by Crippen LogP contribution is -2.19. The number of aliphatic imine (C=N–C) groups is 1. The first-order valence-corrected chi connectivity index (χ1v) is 6.05. The summed E-state index contributed by atoms with van der Waals surface area (Å²) in [4.78, 5) is 14.6. The topological polar surface area (TPSA) is 29.4 Å². The van der Waals surface area contributed by atoms with Gasteiger partial charge in [0.1, 0.15) is 0 Å². The van der Waals surface area contributed by atoms with Crippen LogP contribution in [0.3, 0.4) is 0 Å². The second-order valence-corrected chi connectivity index (χ2v) is 4.58. The van der Waals surface area contributed by atoms with E-state index in [1.165, 1.54) is 0 Å². The van der Waals surface area contributed by atoms with E-state index in [9.17, 15) is 9.18 Å². The summed E-state index contributed by atoms with van der Waals surface area (Å²) in [5.74, 6) is 0. The number of nitrogens with zero attached hydrogens (tertiary/aromatic N) is 1. The van der Waals surface area contributed by atoms with Crippen molar-refractivity contribution in [3.05, 3.63) is 35.4 Å². The maximum atomic E-state index is 12.3. The second kappa shape index (κ2) is 5.24. The molecule has 0 unspecified atom stereocenters. The van der Waals surface area contributed by atoms with E-state index < -0.39 is 5.54 Å². The molecule has 1 fully saturated rings. The first kappa shape index (κ1) is 12.0. The van der Waals surface area contributed by atoms with Crippen molar-refractivity contribution < 1.29 is 9.18 Å². The van der Waals surface area contributed by atoms with E-state index in [-0.39, 0.29) is 6.67 Å². The molecule has 90 valence electrons. The highest BCUT2D eigenvalue weighted by Gasteiger charge is 2.35. The quantitative estimate of drug-likeness (QED) is 0.579. The summed E-state index contributed by atoms with van der Waals surface area (Å²) in [6, 6.07) is 7.79. The van der Waals surface area contributed by atoms with Crippen LogP contribution in [0.15, 0.2) is 29.3 Å². The van der Waals surface area contributed by atoms with Crippen LogP contribution in [-0.4, -0.2) is 12.8 Å². The van der Waals surface area contributed by atoms with Crippen molar-refractivity contribution >= 4 is 6.08 Å². The monoisotopic (exact) mass is 233 g/mol. The Hall–Kier alpha value is -1.47. The number of halogens is 1. The van der Waals surface area contributed by atoms with Gasteiger partial charge in [-0.25, -0.2) is 4.79 Å². The highest BCUT2D eigenvalue weighted by atomic mass is 19.1. The molecular weight excluding hydrogens is 217 g/mol. The normalized spacial score (nSPS) is 17.7. The van der Waals surface area contributed by atoms with Crippen LogP contribution in [0.1, 0.15) is 36.8 Å². The smallest absolute Gasteiger partial charge is 0.235 e. The predicted octanol–water partition coefficient (Wildman–Crippen LogP) is 3.30. The van der Waals surface area contributed by atoms with Gasteiger partial charge in [0.05, 0.1) is 12.2 Å². The van der Waals surface area contributed by atoms with Crippen molar-refractivity contribution in [1.82, 2.24) is 0 Å². The fraction of sp³-hybridized carbons (Fsp3) is 0.500. The van der Waals surface area contributed by atoms with Crippen LogP contribution in [-0.2, 0) is 16.8 Å². The number of alkyl halides is 1. The second-order valence-electron chi connectivity index (χ2n) is 4.58. The number of carbonyl (C=O) groups excluding carboxylic acids is 1. The molecule has 0 radical (unpaired) electrons. The van der Waals surface area contributed by atoms with Crippen LogP contribution < -0.4 is 0 Å². The molecule has 2 nitrogen and oxygen atoms in total. The van der Waals surface area contributed by atoms with Gasteiger partial charge in [0.2, 0.25) is 6.08 Å². The minimum Gasteiger partial charge on any atom is -0.251 e. The third-order valence-corrected chi connectivity index (χ3v) is 3.54. The Labute approximate surface area is 101 Å². The molecule has 0 amide bonds. The number of aryl methyl sites for hydroxylation is 1. The van der Waals surface area contributed by atoms with Crippen LogP contribution >= 0.6 is 0 Å². The zero-order valence-corrected chi connectivity index (χ0v) is 9.79. The summed E-state index contributed by atoms with van der Waals surface area (Å²) in [6.45, 7) is -0.354. The van der Waals surface area contributed by atoms with E-state index in [4.69, 9.17) is 0 Å². The highest BCUT2D eigenvalue weighted by molar-refractivity contribution is 5.39. The molecule has 1 aromatic carbocycles. The van der Waals surface area contributed by atoms with Crippen molar-refractivity contribution in [2.24, 2.45) is 4.99 Å². The average molecular weight is 233 g/mol. The molecular formula is C14H16FNO. The van der Waals surface area contributed by atoms with Crippen molar-refractivity contribution in [2.45, 2.75) is 37.6 Å². The predicted molar refractivity (Wildman–Crippen MR) is 64.4 cm³/mol. The molecule has 0 aromatic heterocycles. The van der Waals surface area contributed by atoms with Gasteiger partial charge in [-0.05, 0) is 24.0 Å². The number of hydrogen-bond donors (Lipinski definition) is 0. The standard InChI is InChI=1S/C14H16FNO/c15-9-6-12-4-3-5-13(10-12)14(16-11-17)7-1-2-8-14/h3-5,10H,1-2,6-9H2. The molecule has 0 N–H and O–H groups in total. The summed E-state index contributed by atoms with van der Waals surface area (Å²) >= 11 is 0. The molecule has 17 heavy (non-hydrogen) atoms. The maximum absolute atomic E-state index is 12.3. The first-order chi connectivity index (χ1) is 8.30. The van der Waals surface area contributed by atoms with Gasteiger partial charge in [0, 0.05) is 6.42 Å². The Balaban J connectivity index is 2.36. The lowest BCUT2D eigenvalue weighted by Gasteiger charge is -2.23. The largest absolute Gasteiger partial charge is 0.251 e. The number of hydrogen-bond acceptors (Lipinski definition) is 2. The minimum atomic E-state index is -0.395. The van der Waals surface area contributed by atoms with Crippen LogP contribution in [0.2, 0.25) is 0 Å². The number of benzene rings is 1. The van der Waals surface area contributed by atoms with Gasteiger partial charge in [-0.15, -0.1) is 0 Å². The van der Waals surface area contributed by atoms with Crippen LogP contribution in [0.5, 0.6) is 0 Å². The minimum absolute atomic E-state index is 0.354. The average Bonchev–Trinajstić information content (AvgIpc) is 2.80. The van der Waals surface area contributed by atoms with Gasteiger partial charge in [0.25, 0.3) is 0 Å². The Morgan fingerprint density at radius 2 is 2.12 bits per heavy atom. The van der Waals surface area contributed by atoms with Gasteiger partial charge in [0.15, 0.2) is 0 Å². The van der Waals surface area contributed by atoms with E-state index in [0.29, 0.717) is 6.42 Å². The van der Waals surface area contributed by atoms with Gasteiger partial charge >= 0.3 is 0 Å². The van der Waals surface area contributed by atoms with E-state index in [1.54, 1.807) is 6.08 Å². The molecule has 1 aliphatic carbocycles. The number of isocyanates is 1. The maximum Gasteiger partial charge on any atom is 0.235 e. The zero-order chi connectivity index (χ0) is 12.1. The summed E-state index contributed by atoms with van der Waals surface area (Å²) in [6.07, 6.45) is 6.07. The molecule has 0 aliphatic heterocycles. The zero-order valence-electron chi connectivity index (χ0n) is 9.79. The van der Waals surface area contributed by atoms with Crippen LogP contribution in [0.25, 0.3) is 0 Å². The van der Waals surface area contributed by atoms with Gasteiger partial charge in [-0.1, -0.05) is 37.1 Å². The van der Waals surface area contributed by atoms with E-state index >= 15 is 0 Å². The molecule has 0 saturated heterocycles. The molecule has 1 saturated carbocycles. The third-order valence-electron chi connectivity index (χ3n) is 3.54. The Morgan fingerprint density at radius 1 is 1.35 bits per heavy atom. The lowest BCUT2D eigenvalue weighted by molar-refractivity contribution is 0.454. The molecule has 0 atom stereocenters. The molecule has 3 heteroatoms. The number of rotatable bonds is 4. The SMILES string of the molecule is O=C=NC1(c2cccc(CCF)c2)CCCC1. The summed E-state index contributed by atoms with van der Waals surface area (Å²) < 4.78 is 12.3. The lowest BCUT2D eigenvalue weighted by atomic mass is 9.87. The van der Waals surface area contributed by atoms with Gasteiger partial charge in [-0.2, -0.15) is 4.99 Å². The van der Waals surface area contributed by atoms with Crippen molar-refractivity contribution in [2.75, 3.05) is 6.67 Å². The van der Waals surface area contributed by atoms with Crippen LogP contribution in [0, 0.1) is 0 Å². The van der Waals surface area contributed by atoms with Crippen LogP contribution in [0.4, 0.5) is 4.39 Å². The highest BCUT2D eigenvalue weighted by Crippen LogP contribution is 2.42. The van der Waals surface area contributed by atoms with Crippen molar-refractivity contribution in [3.63, 3.8) is 0 Å². The first-order valence-electron chi connectivity index (χ1n) is 6.05. The van der Waals surface area contributed by atoms with E-state index in [1.807, 2.05) is 24.3 Å². The fourth-order valence-electron chi connectivity index (χ4n) is 2.64. The Morgan fingerprint density at radius 3 is 2.76 bits per heavy atom. The summed E-state index contributed by atoms with van der Waals surface area (Å²) in [7, 11) is 0. The van der Waals surface area contributed by atoms with E-state index in [0.717, 1.165) is 36.8 Å². The van der Waals surface area contributed by atoms with E-state index in [2.05, 4.69) is 4.99 Å². The third kappa shape index (κ3) is 2.45. The van der Waals surface area contributed by atoms with Gasteiger partial charge in [-0.3, -0.25) is 4.39 Å². The van der Waals surface area contributed by atoms with Crippen molar-refractivity contribution in [1.29, 1.82) is 0 Å². The Bertz CT molecular complexity index is 432. The Kier molecular flexibility index (Phi) is 3.70. The molecule has 0 heterocycles. The molecule has 1 aliphatic rings. The molecule has 1 aromatic rings. The molecule has 0 spiro atoms. The molecule has 2 rings (SSSR count). The summed E-state index contributed by atoms with van der Waals surface area (Å²) in [5.41, 5.74) is 1.61. The van der Waals surface area contributed by atoms with Crippen molar-refractivity contribution in [3.8, 4) is 0 Å². The fourth-order valence-corrected chi connectivity index (χ4v) is 2.64. The summed E-state index contributed by atoms with van der Waals surface area (Å²) in [5, 5.41) is 0. The van der Waals surface area contributed by atoms with Gasteiger partial charge < -0.3 is 0 Å². The molecule has 0 bridgehead atoms.